The monoisotopic (exact) mass is 558 g/mol. The van der Waals surface area contributed by atoms with Gasteiger partial charge >= 0.3 is 0 Å². The highest BCUT2D eigenvalue weighted by atomic mass is 35.5. The Bertz CT molecular complexity index is 1540. The fourth-order valence-electron chi connectivity index (χ4n) is 4.19. The standard InChI is InChI=1S/C31H31ClN4O4/c1-3-36(16-15-33-24-8-6-7-21(2)17-24)30(38)20-40-29-14-12-23(25-9-4-5-10-26(25)29)19-34-35-31(39)22-11-13-28(37)27(32)18-22/h4-14,17-19,33,37H,3,15-16,20H2,1-2H3,(H,35,39). The molecule has 0 saturated carbocycles. The number of ether oxygens (including phenoxy) is 1. The fourth-order valence-corrected chi connectivity index (χ4v) is 4.37. The molecule has 0 unspecified atom stereocenters. The van der Waals surface area contributed by atoms with E-state index in [1.54, 1.807) is 11.0 Å². The number of anilines is 1. The Hall–Kier alpha value is -4.56. The summed E-state index contributed by atoms with van der Waals surface area (Å²) in [7, 11) is 0. The number of aryl methyl sites for hydroxylation is 1. The fraction of sp³-hybridized carbons (Fsp3) is 0.194. The molecule has 3 N–H and O–H groups in total. The number of nitrogens with one attached hydrogen (secondary N) is 2. The van der Waals surface area contributed by atoms with E-state index in [2.05, 4.69) is 21.9 Å². The second-order valence-electron chi connectivity index (χ2n) is 9.12. The lowest BCUT2D eigenvalue weighted by Gasteiger charge is -2.22. The Balaban J connectivity index is 1.37. The number of likely N-dealkylation sites (N-methyl/N-ethyl adjacent to an activating group) is 1. The van der Waals surface area contributed by atoms with Crippen LogP contribution < -0.4 is 15.5 Å². The number of carbonyl (C=O) groups excluding carboxylic acids is 2. The summed E-state index contributed by atoms with van der Waals surface area (Å²) in [5.74, 6) is -0.0803. The Morgan fingerprint density at radius 2 is 1.82 bits per heavy atom. The molecule has 0 saturated heterocycles. The summed E-state index contributed by atoms with van der Waals surface area (Å²) in [4.78, 5) is 27.0. The number of nitrogens with zero attached hydrogens (tertiary/aromatic N) is 2. The number of rotatable bonds is 11. The third kappa shape index (κ3) is 7.30. The van der Waals surface area contributed by atoms with E-state index in [0.717, 1.165) is 22.0 Å². The molecule has 0 atom stereocenters. The first-order chi connectivity index (χ1) is 19.4. The van der Waals surface area contributed by atoms with Gasteiger partial charge in [0.15, 0.2) is 6.61 Å². The van der Waals surface area contributed by atoms with Crippen molar-refractivity contribution in [1.29, 1.82) is 0 Å². The quantitative estimate of drug-likeness (QED) is 0.164. The first-order valence-corrected chi connectivity index (χ1v) is 13.3. The molecule has 4 rings (SSSR count). The van der Waals surface area contributed by atoms with Crippen molar-refractivity contribution in [2.75, 3.05) is 31.6 Å². The van der Waals surface area contributed by atoms with E-state index in [-0.39, 0.29) is 28.8 Å². The normalized spacial score (nSPS) is 11.0. The van der Waals surface area contributed by atoms with E-state index in [9.17, 15) is 14.7 Å². The van der Waals surface area contributed by atoms with Crippen LogP contribution in [0.3, 0.4) is 0 Å². The van der Waals surface area contributed by atoms with E-state index in [1.165, 1.54) is 30.0 Å². The van der Waals surface area contributed by atoms with Crippen molar-refractivity contribution in [3.63, 3.8) is 0 Å². The van der Waals surface area contributed by atoms with Gasteiger partial charge in [0.05, 0.1) is 11.2 Å². The molecule has 2 amide bonds. The van der Waals surface area contributed by atoms with Crippen LogP contribution in [0.4, 0.5) is 5.69 Å². The van der Waals surface area contributed by atoms with Gasteiger partial charge in [-0.3, -0.25) is 9.59 Å². The van der Waals surface area contributed by atoms with Crippen molar-refractivity contribution < 1.29 is 19.4 Å². The molecule has 0 aliphatic rings. The third-order valence-electron chi connectivity index (χ3n) is 6.31. The minimum absolute atomic E-state index is 0.0812. The van der Waals surface area contributed by atoms with Crippen LogP contribution in [0.25, 0.3) is 10.8 Å². The summed E-state index contributed by atoms with van der Waals surface area (Å²) in [6, 6.07) is 23.5. The first kappa shape index (κ1) is 28.4. The Labute approximate surface area is 238 Å². The Morgan fingerprint density at radius 3 is 2.58 bits per heavy atom. The highest BCUT2D eigenvalue weighted by Crippen LogP contribution is 2.28. The van der Waals surface area contributed by atoms with Gasteiger partial charge in [-0.25, -0.2) is 5.43 Å². The largest absolute Gasteiger partial charge is 0.506 e. The van der Waals surface area contributed by atoms with Crippen molar-refractivity contribution in [3.8, 4) is 11.5 Å². The minimum Gasteiger partial charge on any atom is -0.506 e. The summed E-state index contributed by atoms with van der Waals surface area (Å²) < 4.78 is 5.96. The minimum atomic E-state index is -0.463. The molecular formula is C31H31ClN4O4. The molecule has 0 spiro atoms. The third-order valence-corrected chi connectivity index (χ3v) is 6.61. The number of halogens is 1. The summed E-state index contributed by atoms with van der Waals surface area (Å²) in [5.41, 5.74) is 5.70. The van der Waals surface area contributed by atoms with Crippen molar-refractivity contribution in [3.05, 3.63) is 101 Å². The lowest BCUT2D eigenvalue weighted by molar-refractivity contribution is -0.133. The highest BCUT2D eigenvalue weighted by molar-refractivity contribution is 6.32. The number of phenolic OH excluding ortho intramolecular Hbond substituents is 1. The molecular weight excluding hydrogens is 528 g/mol. The lowest BCUT2D eigenvalue weighted by atomic mass is 10.0. The van der Waals surface area contributed by atoms with Crippen molar-refractivity contribution in [1.82, 2.24) is 10.3 Å². The lowest BCUT2D eigenvalue weighted by Crippen LogP contribution is -2.38. The molecule has 0 aliphatic carbocycles. The number of hydrogen-bond acceptors (Lipinski definition) is 6. The van der Waals surface area contributed by atoms with Crippen LogP contribution in [0.5, 0.6) is 11.5 Å². The van der Waals surface area contributed by atoms with Crippen molar-refractivity contribution >= 4 is 46.1 Å². The number of hydrazone groups is 1. The topological polar surface area (TPSA) is 103 Å². The average Bonchev–Trinajstić information content (AvgIpc) is 2.96. The molecule has 0 heterocycles. The maximum Gasteiger partial charge on any atom is 0.271 e. The first-order valence-electron chi connectivity index (χ1n) is 12.9. The molecule has 4 aromatic carbocycles. The van der Waals surface area contributed by atoms with E-state index >= 15 is 0 Å². The molecule has 8 nitrogen and oxygen atoms in total. The molecule has 0 radical (unpaired) electrons. The van der Waals surface area contributed by atoms with E-state index < -0.39 is 5.91 Å². The predicted octanol–water partition coefficient (Wildman–Crippen LogP) is 5.61. The van der Waals surface area contributed by atoms with Crippen molar-refractivity contribution in [2.45, 2.75) is 13.8 Å². The van der Waals surface area contributed by atoms with Gasteiger partial charge in [-0.15, -0.1) is 0 Å². The number of fused-ring (bicyclic) bond motifs is 1. The van der Waals surface area contributed by atoms with Crippen LogP contribution in [-0.2, 0) is 4.79 Å². The number of amides is 2. The molecule has 9 heteroatoms. The number of phenols is 1. The zero-order valence-electron chi connectivity index (χ0n) is 22.4. The van der Waals surface area contributed by atoms with Crippen LogP contribution >= 0.6 is 11.6 Å². The van der Waals surface area contributed by atoms with Crippen LogP contribution in [0.15, 0.2) is 84.0 Å². The van der Waals surface area contributed by atoms with Gasteiger partial charge < -0.3 is 20.1 Å². The SMILES string of the molecule is CCN(CCNc1cccc(C)c1)C(=O)COc1ccc(C=NNC(=O)c2ccc(O)c(Cl)c2)c2ccccc12. The molecule has 0 aliphatic heterocycles. The average molecular weight is 559 g/mol. The van der Waals surface area contributed by atoms with Gasteiger partial charge in [-0.05, 0) is 67.3 Å². The molecule has 206 valence electrons. The number of carbonyl (C=O) groups is 2. The van der Waals surface area contributed by atoms with Gasteiger partial charge in [0.2, 0.25) is 0 Å². The molecule has 0 aromatic heterocycles. The van der Waals surface area contributed by atoms with Gasteiger partial charge in [-0.2, -0.15) is 5.10 Å². The summed E-state index contributed by atoms with van der Waals surface area (Å²) in [5, 5.41) is 18.7. The molecule has 0 fully saturated rings. The number of hydrogen-bond donors (Lipinski definition) is 3. The second-order valence-corrected chi connectivity index (χ2v) is 9.53. The van der Waals surface area contributed by atoms with E-state index in [0.29, 0.717) is 25.4 Å². The van der Waals surface area contributed by atoms with E-state index in [4.69, 9.17) is 16.3 Å². The van der Waals surface area contributed by atoms with Crippen LogP contribution in [0, 0.1) is 6.92 Å². The summed E-state index contributed by atoms with van der Waals surface area (Å²) in [6.07, 6.45) is 1.54. The van der Waals surface area contributed by atoms with Gasteiger partial charge in [0.1, 0.15) is 11.5 Å². The number of benzene rings is 4. The zero-order valence-corrected chi connectivity index (χ0v) is 23.1. The number of aromatic hydroxyl groups is 1. The Kier molecular flexibility index (Phi) is 9.59. The predicted molar refractivity (Wildman–Crippen MR) is 160 cm³/mol. The molecule has 4 aromatic rings. The summed E-state index contributed by atoms with van der Waals surface area (Å²) >= 11 is 5.88. The highest BCUT2D eigenvalue weighted by Gasteiger charge is 2.14. The Morgan fingerprint density at radius 1 is 1.02 bits per heavy atom. The van der Waals surface area contributed by atoms with Gasteiger partial charge in [0.25, 0.3) is 11.8 Å². The van der Waals surface area contributed by atoms with Crippen LogP contribution in [-0.4, -0.2) is 54.3 Å². The van der Waals surface area contributed by atoms with Crippen LogP contribution in [0.2, 0.25) is 5.02 Å². The van der Waals surface area contributed by atoms with Gasteiger partial charge in [0, 0.05) is 41.8 Å². The molecule has 0 bridgehead atoms. The zero-order chi connectivity index (χ0) is 28.5. The van der Waals surface area contributed by atoms with E-state index in [1.807, 2.05) is 62.4 Å². The summed E-state index contributed by atoms with van der Waals surface area (Å²) in [6.45, 7) is 5.68. The maximum absolute atomic E-state index is 12.9. The smallest absolute Gasteiger partial charge is 0.271 e. The molecule has 40 heavy (non-hydrogen) atoms. The van der Waals surface area contributed by atoms with Crippen LogP contribution in [0.1, 0.15) is 28.4 Å². The van der Waals surface area contributed by atoms with Gasteiger partial charge in [-0.1, -0.05) is 48.0 Å². The maximum atomic E-state index is 12.9. The second kappa shape index (κ2) is 13.5. The van der Waals surface area contributed by atoms with Crippen molar-refractivity contribution in [2.24, 2.45) is 5.10 Å².